The Morgan fingerprint density at radius 1 is 0.955 bits per heavy atom. The van der Waals surface area contributed by atoms with E-state index in [1.165, 1.54) is 10.8 Å². The number of rotatable bonds is 4. The van der Waals surface area contributed by atoms with E-state index in [1.807, 2.05) is 30.3 Å². The summed E-state index contributed by atoms with van der Waals surface area (Å²) >= 11 is 0. The first kappa shape index (κ1) is 14.8. The van der Waals surface area contributed by atoms with Crippen molar-refractivity contribution in [3.05, 3.63) is 72.3 Å². The predicted octanol–water partition coefficient (Wildman–Crippen LogP) is 4.68. The second kappa shape index (κ2) is 6.32. The van der Waals surface area contributed by atoms with Crippen LogP contribution in [0.3, 0.4) is 0 Å². The first-order valence-corrected chi connectivity index (χ1v) is 8.65. The molecule has 0 saturated carbocycles. The SMILES string of the molecule is CC[C@H](c1ccc2ccccc2c1)[S@@](=O)c1ccccc1N. The minimum absolute atomic E-state index is 0.0469. The average Bonchev–Trinajstić information content (AvgIpc) is 2.55. The summed E-state index contributed by atoms with van der Waals surface area (Å²) in [7, 11) is -1.15. The number of hydrogen-bond acceptors (Lipinski definition) is 2. The molecule has 0 unspecified atom stereocenters. The highest BCUT2D eigenvalue weighted by Crippen LogP contribution is 2.32. The van der Waals surface area contributed by atoms with Gasteiger partial charge in [0.1, 0.15) is 0 Å². The van der Waals surface area contributed by atoms with E-state index in [4.69, 9.17) is 5.73 Å². The smallest absolute Gasteiger partial charge is 0.0642 e. The topological polar surface area (TPSA) is 43.1 Å². The molecule has 3 heteroatoms. The molecule has 22 heavy (non-hydrogen) atoms. The molecule has 3 aromatic rings. The number of benzene rings is 3. The van der Waals surface area contributed by atoms with Crippen LogP contribution in [0.1, 0.15) is 24.2 Å². The van der Waals surface area contributed by atoms with Crippen molar-refractivity contribution < 1.29 is 4.21 Å². The summed E-state index contributed by atoms with van der Waals surface area (Å²) in [6.45, 7) is 2.07. The van der Waals surface area contributed by atoms with Gasteiger partial charge in [-0.2, -0.15) is 0 Å². The fourth-order valence-corrected chi connectivity index (χ4v) is 4.25. The Morgan fingerprint density at radius 3 is 2.36 bits per heavy atom. The molecule has 0 aliphatic heterocycles. The molecule has 0 amide bonds. The van der Waals surface area contributed by atoms with E-state index < -0.39 is 10.8 Å². The van der Waals surface area contributed by atoms with Crippen molar-refractivity contribution in [1.82, 2.24) is 0 Å². The summed E-state index contributed by atoms with van der Waals surface area (Å²) in [6, 6.07) is 22.0. The van der Waals surface area contributed by atoms with Crippen molar-refractivity contribution in [3.8, 4) is 0 Å². The van der Waals surface area contributed by atoms with Crippen LogP contribution < -0.4 is 5.73 Å². The molecule has 0 bridgehead atoms. The van der Waals surface area contributed by atoms with Crippen molar-refractivity contribution in [3.63, 3.8) is 0 Å². The van der Waals surface area contributed by atoms with E-state index >= 15 is 0 Å². The second-order valence-corrected chi connectivity index (χ2v) is 6.94. The van der Waals surface area contributed by atoms with Gasteiger partial charge in [0.15, 0.2) is 0 Å². The number of para-hydroxylation sites is 1. The number of fused-ring (bicyclic) bond motifs is 1. The molecule has 2 N–H and O–H groups in total. The van der Waals surface area contributed by atoms with E-state index in [1.54, 1.807) is 6.07 Å². The Bertz CT molecular complexity index is 828. The van der Waals surface area contributed by atoms with Gasteiger partial charge in [-0.25, -0.2) is 0 Å². The molecule has 2 atom stereocenters. The van der Waals surface area contributed by atoms with Crippen LogP contribution in [0.2, 0.25) is 0 Å². The summed E-state index contributed by atoms with van der Waals surface area (Å²) in [6.07, 6.45) is 0.805. The van der Waals surface area contributed by atoms with E-state index in [0.717, 1.165) is 16.9 Å². The van der Waals surface area contributed by atoms with Gasteiger partial charge in [-0.3, -0.25) is 4.21 Å². The molecule has 0 fully saturated rings. The molecule has 3 aromatic carbocycles. The van der Waals surface area contributed by atoms with E-state index in [0.29, 0.717) is 5.69 Å². The lowest BCUT2D eigenvalue weighted by molar-refractivity contribution is 0.669. The van der Waals surface area contributed by atoms with Crippen LogP contribution >= 0.6 is 0 Å². The molecule has 2 nitrogen and oxygen atoms in total. The number of anilines is 1. The molecule has 0 aliphatic carbocycles. The molecule has 0 heterocycles. The monoisotopic (exact) mass is 309 g/mol. The lowest BCUT2D eigenvalue weighted by Crippen LogP contribution is -2.08. The van der Waals surface area contributed by atoms with Gasteiger partial charge in [0.25, 0.3) is 0 Å². The van der Waals surface area contributed by atoms with E-state index in [2.05, 4.69) is 37.3 Å². The van der Waals surface area contributed by atoms with Gasteiger partial charge in [-0.1, -0.05) is 55.5 Å². The Labute approximate surface area is 133 Å². The summed E-state index contributed by atoms with van der Waals surface area (Å²) in [5, 5.41) is 2.33. The zero-order valence-corrected chi connectivity index (χ0v) is 13.3. The molecular formula is C19H19NOS. The van der Waals surface area contributed by atoms with Crippen LogP contribution in [0.15, 0.2) is 71.6 Å². The van der Waals surface area contributed by atoms with Crippen LogP contribution in [-0.2, 0) is 10.8 Å². The van der Waals surface area contributed by atoms with Gasteiger partial charge in [-0.05, 0) is 41.0 Å². The Hall–Kier alpha value is -2.13. The van der Waals surface area contributed by atoms with Gasteiger partial charge in [0.05, 0.1) is 20.9 Å². The van der Waals surface area contributed by atoms with Crippen molar-refractivity contribution in [2.24, 2.45) is 0 Å². The normalized spacial score (nSPS) is 13.9. The van der Waals surface area contributed by atoms with Gasteiger partial charge < -0.3 is 5.73 Å². The standard InChI is InChI=1S/C19H19NOS/c1-2-18(22(21)19-10-6-5-9-17(19)20)16-12-11-14-7-3-4-8-15(14)13-16/h3-13,18H,2,20H2,1H3/t18-,22-/m1/s1. The second-order valence-electron chi connectivity index (χ2n) is 5.34. The number of hydrogen-bond donors (Lipinski definition) is 1. The minimum atomic E-state index is -1.15. The van der Waals surface area contributed by atoms with Gasteiger partial charge >= 0.3 is 0 Å². The van der Waals surface area contributed by atoms with E-state index in [-0.39, 0.29) is 5.25 Å². The first-order chi connectivity index (χ1) is 10.7. The highest BCUT2D eigenvalue weighted by Gasteiger charge is 2.20. The largest absolute Gasteiger partial charge is 0.398 e. The van der Waals surface area contributed by atoms with Gasteiger partial charge in [-0.15, -0.1) is 0 Å². The molecule has 3 rings (SSSR count). The Morgan fingerprint density at radius 2 is 1.64 bits per heavy atom. The first-order valence-electron chi connectivity index (χ1n) is 7.44. The summed E-state index contributed by atoms with van der Waals surface area (Å²) < 4.78 is 13.0. The van der Waals surface area contributed by atoms with Crippen molar-refractivity contribution >= 4 is 27.3 Å². The highest BCUT2D eigenvalue weighted by molar-refractivity contribution is 7.85. The maximum Gasteiger partial charge on any atom is 0.0642 e. The predicted molar refractivity (Wildman–Crippen MR) is 94.2 cm³/mol. The maximum atomic E-state index is 13.0. The van der Waals surface area contributed by atoms with Crippen LogP contribution in [0.5, 0.6) is 0 Å². The minimum Gasteiger partial charge on any atom is -0.398 e. The zero-order chi connectivity index (χ0) is 15.5. The van der Waals surface area contributed by atoms with Crippen LogP contribution in [0.25, 0.3) is 10.8 Å². The van der Waals surface area contributed by atoms with Gasteiger partial charge in [0.2, 0.25) is 0 Å². The molecule has 0 saturated heterocycles. The van der Waals surface area contributed by atoms with Crippen LogP contribution in [0, 0.1) is 0 Å². The summed E-state index contributed by atoms with van der Waals surface area (Å²) in [5.41, 5.74) is 7.69. The third-order valence-corrected chi connectivity index (χ3v) is 5.84. The molecular weight excluding hydrogens is 290 g/mol. The van der Waals surface area contributed by atoms with Crippen LogP contribution in [-0.4, -0.2) is 4.21 Å². The Kier molecular flexibility index (Phi) is 4.25. The molecule has 0 radical (unpaired) electrons. The lowest BCUT2D eigenvalue weighted by atomic mass is 10.0. The third-order valence-electron chi connectivity index (χ3n) is 3.91. The Balaban J connectivity index is 2.02. The summed E-state index contributed by atoms with van der Waals surface area (Å²) in [5.74, 6) is 0. The zero-order valence-electron chi connectivity index (χ0n) is 12.5. The number of nitrogens with two attached hydrogens (primary N) is 1. The summed E-state index contributed by atoms with van der Waals surface area (Å²) in [4.78, 5) is 0.725. The molecule has 112 valence electrons. The number of nitrogen functional groups attached to an aromatic ring is 1. The molecule has 0 spiro atoms. The molecule has 0 aromatic heterocycles. The molecule has 0 aliphatic rings. The fraction of sp³-hybridized carbons (Fsp3) is 0.158. The van der Waals surface area contributed by atoms with Crippen LogP contribution in [0.4, 0.5) is 5.69 Å². The third kappa shape index (κ3) is 2.77. The fourth-order valence-electron chi connectivity index (χ4n) is 2.74. The van der Waals surface area contributed by atoms with Gasteiger partial charge in [0, 0.05) is 5.69 Å². The van der Waals surface area contributed by atoms with Crippen molar-refractivity contribution in [2.45, 2.75) is 23.5 Å². The van der Waals surface area contributed by atoms with Crippen molar-refractivity contribution in [1.29, 1.82) is 0 Å². The quantitative estimate of drug-likeness (QED) is 0.711. The highest BCUT2D eigenvalue weighted by atomic mass is 32.2. The lowest BCUT2D eigenvalue weighted by Gasteiger charge is -2.17. The van der Waals surface area contributed by atoms with E-state index in [9.17, 15) is 4.21 Å². The van der Waals surface area contributed by atoms with Crippen molar-refractivity contribution in [2.75, 3.05) is 5.73 Å². The average molecular weight is 309 g/mol. The maximum absolute atomic E-state index is 13.0.